The Bertz CT molecular complexity index is 668. The maximum atomic E-state index is 9.35. The fourth-order valence-corrected chi connectivity index (χ4v) is 1.91. The minimum absolute atomic E-state index is 0.350. The number of para-hydroxylation sites is 1. The molecule has 0 amide bonds. The number of aromatic nitrogens is 1. The average molecular weight is 263 g/mol. The van der Waals surface area contributed by atoms with Crippen molar-refractivity contribution in [3.63, 3.8) is 0 Å². The van der Waals surface area contributed by atoms with Crippen molar-refractivity contribution < 1.29 is 4.74 Å². The van der Waals surface area contributed by atoms with Gasteiger partial charge in [-0.1, -0.05) is 25.1 Å². The van der Waals surface area contributed by atoms with Crippen LogP contribution in [0.15, 0.2) is 42.7 Å². The lowest BCUT2D eigenvalue weighted by molar-refractivity contribution is 0.477. The Morgan fingerprint density at radius 2 is 1.95 bits per heavy atom. The summed E-state index contributed by atoms with van der Waals surface area (Å²) in [6.07, 6.45) is 3.69. The van der Waals surface area contributed by atoms with Gasteiger partial charge in [0.25, 0.3) is 0 Å². The maximum Gasteiger partial charge on any atom is 0.163 e. The molecule has 0 fully saturated rings. The van der Waals surface area contributed by atoms with Crippen LogP contribution in [0, 0.1) is 22.7 Å². The van der Waals surface area contributed by atoms with Gasteiger partial charge in [0.1, 0.15) is 17.4 Å². The number of nitrogens with zero attached hydrogens (tertiary/aromatic N) is 3. The van der Waals surface area contributed by atoms with Crippen LogP contribution in [0.5, 0.6) is 11.5 Å². The van der Waals surface area contributed by atoms with E-state index in [2.05, 4.69) is 17.1 Å². The van der Waals surface area contributed by atoms with Gasteiger partial charge in [0, 0.05) is 11.8 Å². The number of nitriles is 2. The quantitative estimate of drug-likeness (QED) is 0.842. The Morgan fingerprint density at radius 3 is 2.55 bits per heavy atom. The molecule has 0 saturated heterocycles. The van der Waals surface area contributed by atoms with Crippen molar-refractivity contribution in [1.29, 1.82) is 10.5 Å². The molecular formula is C16H13N3O. The summed E-state index contributed by atoms with van der Waals surface area (Å²) in [5, 5.41) is 18.5. The van der Waals surface area contributed by atoms with Crippen molar-refractivity contribution in [2.75, 3.05) is 0 Å². The molecule has 20 heavy (non-hydrogen) atoms. The molecule has 1 aromatic carbocycles. The summed E-state index contributed by atoms with van der Waals surface area (Å²) >= 11 is 0. The standard InChI is InChI=1S/C16H13N3O/c1-2-12(8-17)15-10-19-11-16(14(15)9-18)20-13-6-4-3-5-7-13/h3-7,10-12H,2H2,1H3. The molecule has 0 aliphatic rings. The van der Waals surface area contributed by atoms with Gasteiger partial charge in [0.05, 0.1) is 18.2 Å². The summed E-state index contributed by atoms with van der Waals surface area (Å²) in [6, 6.07) is 13.5. The third-order valence-electron chi connectivity index (χ3n) is 2.96. The van der Waals surface area contributed by atoms with Crippen molar-refractivity contribution in [3.05, 3.63) is 53.9 Å². The van der Waals surface area contributed by atoms with Crippen LogP contribution >= 0.6 is 0 Å². The van der Waals surface area contributed by atoms with E-state index in [0.717, 1.165) is 0 Å². The zero-order valence-corrected chi connectivity index (χ0v) is 11.1. The molecule has 1 atom stereocenters. The zero-order chi connectivity index (χ0) is 14.4. The first kappa shape index (κ1) is 13.6. The SMILES string of the molecule is CCC(C#N)c1cncc(Oc2ccccc2)c1C#N. The number of pyridine rings is 1. The van der Waals surface area contributed by atoms with E-state index in [-0.39, 0.29) is 5.92 Å². The van der Waals surface area contributed by atoms with Gasteiger partial charge in [0.15, 0.2) is 5.75 Å². The molecule has 1 aromatic heterocycles. The fraction of sp³-hybridized carbons (Fsp3) is 0.188. The molecular weight excluding hydrogens is 250 g/mol. The molecule has 1 unspecified atom stereocenters. The summed E-state index contributed by atoms with van der Waals surface area (Å²) in [7, 11) is 0. The second-order valence-corrected chi connectivity index (χ2v) is 4.22. The van der Waals surface area contributed by atoms with Gasteiger partial charge in [-0.2, -0.15) is 10.5 Å². The van der Waals surface area contributed by atoms with E-state index in [0.29, 0.717) is 29.0 Å². The molecule has 1 heterocycles. The minimum Gasteiger partial charge on any atom is -0.454 e. The molecule has 0 aliphatic carbocycles. The molecule has 0 aliphatic heterocycles. The Hall–Kier alpha value is -2.85. The third-order valence-corrected chi connectivity index (χ3v) is 2.96. The van der Waals surface area contributed by atoms with Gasteiger partial charge >= 0.3 is 0 Å². The predicted molar refractivity (Wildman–Crippen MR) is 74.1 cm³/mol. The predicted octanol–water partition coefficient (Wildman–Crippen LogP) is 3.76. The summed E-state index contributed by atoms with van der Waals surface area (Å²) in [6.45, 7) is 1.90. The highest BCUT2D eigenvalue weighted by Crippen LogP contribution is 2.30. The smallest absolute Gasteiger partial charge is 0.163 e. The van der Waals surface area contributed by atoms with E-state index < -0.39 is 0 Å². The van der Waals surface area contributed by atoms with Gasteiger partial charge < -0.3 is 4.74 Å². The van der Waals surface area contributed by atoms with E-state index >= 15 is 0 Å². The molecule has 98 valence electrons. The van der Waals surface area contributed by atoms with Crippen molar-refractivity contribution in [2.45, 2.75) is 19.3 Å². The monoisotopic (exact) mass is 263 g/mol. The highest BCUT2D eigenvalue weighted by atomic mass is 16.5. The average Bonchev–Trinajstić information content (AvgIpc) is 2.50. The molecule has 0 bridgehead atoms. The van der Waals surface area contributed by atoms with Crippen molar-refractivity contribution >= 4 is 0 Å². The van der Waals surface area contributed by atoms with Crippen LogP contribution in [-0.4, -0.2) is 4.98 Å². The molecule has 4 nitrogen and oxygen atoms in total. The van der Waals surface area contributed by atoms with Crippen molar-refractivity contribution in [1.82, 2.24) is 4.98 Å². The van der Waals surface area contributed by atoms with Crippen LogP contribution in [0.25, 0.3) is 0 Å². The van der Waals surface area contributed by atoms with Crippen molar-refractivity contribution in [2.24, 2.45) is 0 Å². The van der Waals surface area contributed by atoms with Gasteiger partial charge in [-0.25, -0.2) is 0 Å². The lowest BCUT2D eigenvalue weighted by atomic mass is 9.95. The van der Waals surface area contributed by atoms with Crippen LogP contribution in [0.2, 0.25) is 0 Å². The Balaban J connectivity index is 2.43. The van der Waals surface area contributed by atoms with E-state index in [4.69, 9.17) is 10.00 Å². The topological polar surface area (TPSA) is 69.7 Å². The van der Waals surface area contributed by atoms with Crippen molar-refractivity contribution in [3.8, 4) is 23.6 Å². The van der Waals surface area contributed by atoms with Gasteiger partial charge in [-0.05, 0) is 18.6 Å². The Kier molecular flexibility index (Phi) is 4.32. The Labute approximate surface area is 117 Å². The fourth-order valence-electron chi connectivity index (χ4n) is 1.91. The van der Waals surface area contributed by atoms with E-state index in [1.54, 1.807) is 18.3 Å². The van der Waals surface area contributed by atoms with Crippen LogP contribution in [-0.2, 0) is 0 Å². The first-order valence-corrected chi connectivity index (χ1v) is 6.30. The molecule has 4 heteroatoms. The summed E-state index contributed by atoms with van der Waals surface area (Å²) < 4.78 is 5.69. The second-order valence-electron chi connectivity index (χ2n) is 4.22. The molecule has 0 spiro atoms. The maximum absolute atomic E-state index is 9.35. The highest BCUT2D eigenvalue weighted by Gasteiger charge is 2.17. The number of hydrogen-bond acceptors (Lipinski definition) is 4. The second kappa shape index (κ2) is 6.36. The highest BCUT2D eigenvalue weighted by molar-refractivity contribution is 5.50. The van der Waals surface area contributed by atoms with E-state index in [1.807, 2.05) is 25.1 Å². The summed E-state index contributed by atoms with van der Waals surface area (Å²) in [5.41, 5.74) is 0.989. The van der Waals surface area contributed by atoms with Crippen LogP contribution < -0.4 is 4.74 Å². The summed E-state index contributed by atoms with van der Waals surface area (Å²) in [5.74, 6) is 0.661. The lowest BCUT2D eigenvalue weighted by Crippen LogP contribution is -2.01. The van der Waals surface area contributed by atoms with Gasteiger partial charge in [-0.15, -0.1) is 0 Å². The number of ether oxygens (including phenoxy) is 1. The third kappa shape index (κ3) is 2.76. The van der Waals surface area contributed by atoms with E-state index in [9.17, 15) is 5.26 Å². The molecule has 0 saturated carbocycles. The Morgan fingerprint density at radius 1 is 1.20 bits per heavy atom. The van der Waals surface area contributed by atoms with E-state index in [1.165, 1.54) is 6.20 Å². The first-order valence-electron chi connectivity index (χ1n) is 6.30. The normalized spacial score (nSPS) is 11.2. The minimum atomic E-state index is -0.350. The largest absolute Gasteiger partial charge is 0.454 e. The zero-order valence-electron chi connectivity index (χ0n) is 11.1. The summed E-state index contributed by atoms with van der Waals surface area (Å²) in [4.78, 5) is 4.08. The number of hydrogen-bond donors (Lipinski definition) is 0. The lowest BCUT2D eigenvalue weighted by Gasteiger charge is -2.12. The molecule has 0 N–H and O–H groups in total. The van der Waals surface area contributed by atoms with Crippen LogP contribution in [0.3, 0.4) is 0 Å². The molecule has 0 radical (unpaired) electrons. The van der Waals surface area contributed by atoms with Crippen LogP contribution in [0.4, 0.5) is 0 Å². The molecule has 2 aromatic rings. The number of benzene rings is 1. The van der Waals surface area contributed by atoms with Gasteiger partial charge in [-0.3, -0.25) is 4.98 Å². The van der Waals surface area contributed by atoms with Gasteiger partial charge in [0.2, 0.25) is 0 Å². The first-order chi connectivity index (χ1) is 9.80. The number of rotatable bonds is 4. The molecule has 2 rings (SSSR count). The van der Waals surface area contributed by atoms with Crippen LogP contribution in [0.1, 0.15) is 30.4 Å².